The Balaban J connectivity index is 1.10. The van der Waals surface area contributed by atoms with Crippen molar-refractivity contribution in [2.24, 2.45) is 0 Å². The second kappa shape index (κ2) is 22.3. The molecular weight excluding hydrogens is 1190 g/mol. The van der Waals surface area contributed by atoms with Crippen molar-refractivity contribution in [2.75, 3.05) is 0 Å². The third-order valence-electron chi connectivity index (χ3n) is 18.1. The van der Waals surface area contributed by atoms with Crippen LogP contribution in [-0.2, 0) is 12.4 Å². The number of aromatic nitrogens is 6. The summed E-state index contributed by atoms with van der Waals surface area (Å²) < 4.78 is 99.5. The normalized spacial score (nSPS) is 12.1. The molecule has 12 heteroatoms. The van der Waals surface area contributed by atoms with Crippen LogP contribution in [0.5, 0.6) is 0 Å². The fourth-order valence-electron chi connectivity index (χ4n) is 13.7. The maximum absolute atomic E-state index is 15.6. The van der Waals surface area contributed by atoms with E-state index in [4.69, 9.17) is 15.0 Å². The van der Waals surface area contributed by atoms with Crippen LogP contribution in [-0.4, -0.2) is 28.7 Å². The minimum Gasteiger partial charge on any atom is -0.307 e. The molecule has 0 saturated carbocycles. The van der Waals surface area contributed by atoms with E-state index in [1.165, 1.54) is 12.1 Å². The van der Waals surface area contributed by atoms with Crippen LogP contribution in [0.3, 0.4) is 0 Å². The highest BCUT2D eigenvalue weighted by Gasteiger charge is 2.35. The van der Waals surface area contributed by atoms with Crippen LogP contribution in [0.2, 0.25) is 0 Å². The summed E-state index contributed by atoms with van der Waals surface area (Å²) in [5.74, 6) is 1.01. The monoisotopic (exact) mass is 1240 g/mol. The van der Waals surface area contributed by atoms with E-state index < -0.39 is 23.5 Å². The smallest absolute Gasteiger partial charge is 0.307 e. The SMILES string of the molecule is FC(F)(F)c1ccc2c3ccc(C(F)(F)F)cc3n(-c3c(-n4c5ccc(-c6ccccc6)cc5c5cc(-c6ccccc6)ccc54)cc(-c4nc(-c5ccccc5)nc(-c5ccccc5)n4)cc3-n3c4ccc(-c5ccccc5)cc4c4cc(-c5ccccc5)ccc43)c2c1. The lowest BCUT2D eigenvalue weighted by Crippen LogP contribution is -2.12. The molecule has 0 N–H and O–H groups in total. The van der Waals surface area contributed by atoms with E-state index in [-0.39, 0.29) is 22.5 Å². The van der Waals surface area contributed by atoms with Crippen LogP contribution in [0.15, 0.2) is 303 Å². The van der Waals surface area contributed by atoms with Gasteiger partial charge in [0, 0.05) is 49.0 Å². The van der Waals surface area contributed by atoms with Crippen LogP contribution in [0.25, 0.3) is 161 Å². The van der Waals surface area contributed by atoms with Crippen molar-refractivity contribution in [3.8, 4) is 95.7 Å². The molecule has 6 nitrogen and oxygen atoms in total. The van der Waals surface area contributed by atoms with Gasteiger partial charge in [0.2, 0.25) is 0 Å². The Hall–Kier alpha value is -12.2. The van der Waals surface area contributed by atoms with Gasteiger partial charge in [0.25, 0.3) is 0 Å². The first-order valence-corrected chi connectivity index (χ1v) is 31.0. The molecule has 4 heterocycles. The van der Waals surface area contributed by atoms with Gasteiger partial charge in [-0.05, 0) is 129 Å². The minimum atomic E-state index is -4.85. The Morgan fingerprint density at radius 3 is 0.768 bits per heavy atom. The molecule has 0 aliphatic carbocycles. The first-order chi connectivity index (χ1) is 46.4. The highest BCUT2D eigenvalue weighted by Crippen LogP contribution is 2.48. The molecule has 0 spiro atoms. The first-order valence-electron chi connectivity index (χ1n) is 31.0. The number of rotatable bonds is 10. The van der Waals surface area contributed by atoms with Crippen molar-refractivity contribution < 1.29 is 26.3 Å². The Kier molecular flexibility index (Phi) is 13.3. The van der Waals surface area contributed by atoms with Gasteiger partial charge in [0.05, 0.1) is 61.3 Å². The summed E-state index contributed by atoms with van der Waals surface area (Å²) in [5.41, 5.74) is 11.5. The summed E-state index contributed by atoms with van der Waals surface area (Å²) >= 11 is 0. The molecule has 95 heavy (non-hydrogen) atoms. The maximum Gasteiger partial charge on any atom is 0.416 e. The molecule has 0 fully saturated rings. The molecule has 0 unspecified atom stereocenters. The van der Waals surface area contributed by atoms with Gasteiger partial charge in [-0.2, -0.15) is 26.3 Å². The van der Waals surface area contributed by atoms with Gasteiger partial charge < -0.3 is 13.7 Å². The highest BCUT2D eigenvalue weighted by atomic mass is 19.4. The molecule has 13 aromatic carbocycles. The number of fused-ring (bicyclic) bond motifs is 9. The third-order valence-corrected chi connectivity index (χ3v) is 18.1. The molecule has 0 atom stereocenters. The van der Waals surface area contributed by atoms with Crippen molar-refractivity contribution in [2.45, 2.75) is 12.4 Å². The molecule has 17 aromatic rings. The van der Waals surface area contributed by atoms with E-state index in [0.29, 0.717) is 72.6 Å². The number of alkyl halides is 6. The zero-order valence-corrected chi connectivity index (χ0v) is 50.3. The highest BCUT2D eigenvalue weighted by molar-refractivity contribution is 6.16. The van der Waals surface area contributed by atoms with Gasteiger partial charge in [-0.3, -0.25) is 0 Å². The molecule has 0 radical (unpaired) electrons. The van der Waals surface area contributed by atoms with Crippen LogP contribution in [0.1, 0.15) is 11.1 Å². The Morgan fingerprint density at radius 2 is 0.484 bits per heavy atom. The molecule has 454 valence electrons. The standard InChI is InChI=1S/C83H50F6N6/c84-82(85,86)62-35-37-64-65-38-36-63(83(87,88)89)50-75(65)95(74(64)49-62)78-76(93-70-39-31-57(51-19-7-1-8-20-51)43-66(70)67-44-58(32-40-71(67)93)52-21-9-2-10-22-52)47-61(81-91-79(55-27-15-5-16-28-55)90-80(92-81)56-29-17-6-18-30-56)48-77(78)94-72-41-33-59(53-23-11-3-12-24-53)45-68(72)69-46-60(34-42-73(69)94)54-25-13-4-14-26-54/h1-50H. The van der Waals surface area contributed by atoms with Crippen molar-refractivity contribution in [3.63, 3.8) is 0 Å². The van der Waals surface area contributed by atoms with E-state index in [0.717, 1.165) is 90.3 Å². The predicted octanol–water partition coefficient (Wildman–Crippen LogP) is 22.9. The van der Waals surface area contributed by atoms with E-state index in [9.17, 15) is 0 Å². The topological polar surface area (TPSA) is 53.5 Å². The van der Waals surface area contributed by atoms with Gasteiger partial charge in [0.1, 0.15) is 0 Å². The maximum atomic E-state index is 15.6. The van der Waals surface area contributed by atoms with Crippen molar-refractivity contribution in [1.29, 1.82) is 0 Å². The largest absolute Gasteiger partial charge is 0.416 e. The van der Waals surface area contributed by atoms with Crippen LogP contribution in [0.4, 0.5) is 26.3 Å². The third kappa shape index (κ3) is 9.88. The Bertz CT molecular complexity index is 5300. The van der Waals surface area contributed by atoms with Gasteiger partial charge in [-0.25, -0.2) is 15.0 Å². The number of benzene rings is 13. The lowest BCUT2D eigenvalue weighted by molar-refractivity contribution is -0.138. The zero-order valence-electron chi connectivity index (χ0n) is 50.3. The number of halogens is 6. The van der Waals surface area contributed by atoms with Crippen molar-refractivity contribution in [3.05, 3.63) is 314 Å². The molecule has 0 saturated heterocycles. The number of hydrogen-bond acceptors (Lipinski definition) is 3. The van der Waals surface area contributed by atoms with Gasteiger partial charge >= 0.3 is 12.4 Å². The molecule has 0 aliphatic rings. The van der Waals surface area contributed by atoms with E-state index in [1.807, 2.05) is 194 Å². The summed E-state index contributed by atoms with van der Waals surface area (Å²) in [6.07, 6.45) is -9.71. The second-order valence-corrected chi connectivity index (χ2v) is 23.8. The van der Waals surface area contributed by atoms with E-state index in [1.54, 1.807) is 4.57 Å². The first kappa shape index (κ1) is 56.8. The summed E-state index contributed by atoms with van der Waals surface area (Å²) in [6, 6.07) is 95.1. The van der Waals surface area contributed by atoms with Crippen LogP contribution < -0.4 is 0 Å². The summed E-state index contributed by atoms with van der Waals surface area (Å²) in [4.78, 5) is 15.8. The second-order valence-electron chi connectivity index (χ2n) is 23.8. The van der Waals surface area contributed by atoms with Gasteiger partial charge in [0.15, 0.2) is 17.5 Å². The van der Waals surface area contributed by atoms with Gasteiger partial charge in [-0.15, -0.1) is 0 Å². The van der Waals surface area contributed by atoms with Crippen molar-refractivity contribution >= 4 is 65.4 Å². The lowest BCUT2D eigenvalue weighted by Gasteiger charge is -2.24. The number of nitrogens with zero attached hydrogens (tertiary/aromatic N) is 6. The molecule has 0 amide bonds. The number of hydrogen-bond donors (Lipinski definition) is 0. The quantitative estimate of drug-likeness (QED) is 0.128. The molecule has 0 bridgehead atoms. The van der Waals surface area contributed by atoms with E-state index in [2.05, 4.69) is 81.9 Å². The predicted molar refractivity (Wildman–Crippen MR) is 371 cm³/mol. The fourth-order valence-corrected chi connectivity index (χ4v) is 13.7. The van der Waals surface area contributed by atoms with Crippen molar-refractivity contribution in [1.82, 2.24) is 28.7 Å². The Labute approximate surface area is 540 Å². The summed E-state index contributed by atoms with van der Waals surface area (Å²) in [5, 5.41) is 3.99. The van der Waals surface area contributed by atoms with E-state index >= 15 is 26.3 Å². The lowest BCUT2D eigenvalue weighted by atomic mass is 10.0. The van der Waals surface area contributed by atoms with Crippen LogP contribution in [0, 0.1) is 0 Å². The average molecular weight is 1250 g/mol. The zero-order chi connectivity index (χ0) is 64.1. The molecule has 4 aromatic heterocycles. The molecule has 0 aliphatic heterocycles. The van der Waals surface area contributed by atoms with Gasteiger partial charge in [-0.1, -0.05) is 218 Å². The molecule has 17 rings (SSSR count). The fraction of sp³-hybridized carbons (Fsp3) is 0.0241. The summed E-state index contributed by atoms with van der Waals surface area (Å²) in [7, 11) is 0. The Morgan fingerprint density at radius 1 is 0.211 bits per heavy atom. The molecular formula is C83H50F6N6. The van der Waals surface area contributed by atoms with Crippen LogP contribution >= 0.6 is 0 Å². The average Bonchev–Trinajstić information content (AvgIpc) is 1.57. The summed E-state index contributed by atoms with van der Waals surface area (Å²) in [6.45, 7) is 0. The minimum absolute atomic E-state index is 0.0271.